The van der Waals surface area contributed by atoms with Gasteiger partial charge in [0.15, 0.2) is 0 Å². The molecule has 4 nitrogen and oxygen atoms in total. The quantitative estimate of drug-likeness (QED) is 0.846. The number of aliphatic imine (C=N–C) groups is 2. The minimum absolute atomic E-state index is 0.271. The Labute approximate surface area is 119 Å². The fourth-order valence-corrected chi connectivity index (χ4v) is 2.40. The molecule has 0 radical (unpaired) electrons. The summed E-state index contributed by atoms with van der Waals surface area (Å²) in [5.41, 5.74) is 1.97. The van der Waals surface area contributed by atoms with Crippen molar-refractivity contribution in [1.29, 1.82) is 0 Å². The molecule has 20 heavy (non-hydrogen) atoms. The zero-order valence-electron chi connectivity index (χ0n) is 12.0. The van der Waals surface area contributed by atoms with Gasteiger partial charge >= 0.3 is 0 Å². The summed E-state index contributed by atoms with van der Waals surface area (Å²) in [6.45, 7) is 5.60. The van der Waals surface area contributed by atoms with Crippen molar-refractivity contribution in [2.24, 2.45) is 9.98 Å². The van der Waals surface area contributed by atoms with Gasteiger partial charge in [-0.25, -0.2) is 9.98 Å². The SMILES string of the molecule is CC[C@@H]1COC(c2ccccc2C2=N[C@@H](CC)CO2)=N1. The van der Waals surface area contributed by atoms with Gasteiger partial charge in [0.1, 0.15) is 13.2 Å². The number of hydrogen-bond donors (Lipinski definition) is 0. The Morgan fingerprint density at radius 1 is 0.900 bits per heavy atom. The van der Waals surface area contributed by atoms with Crippen molar-refractivity contribution < 1.29 is 9.47 Å². The first-order chi connectivity index (χ1) is 9.81. The molecular weight excluding hydrogens is 252 g/mol. The summed E-state index contributed by atoms with van der Waals surface area (Å²) in [7, 11) is 0. The van der Waals surface area contributed by atoms with E-state index in [1.54, 1.807) is 0 Å². The average molecular weight is 272 g/mol. The topological polar surface area (TPSA) is 43.2 Å². The van der Waals surface area contributed by atoms with E-state index in [0.29, 0.717) is 13.2 Å². The Balaban J connectivity index is 1.94. The van der Waals surface area contributed by atoms with Gasteiger partial charge in [0, 0.05) is 11.1 Å². The van der Waals surface area contributed by atoms with E-state index in [0.717, 1.165) is 35.8 Å². The van der Waals surface area contributed by atoms with Crippen LogP contribution in [0.2, 0.25) is 0 Å². The van der Waals surface area contributed by atoms with Gasteiger partial charge in [-0.3, -0.25) is 0 Å². The molecule has 1 aromatic carbocycles. The highest BCUT2D eigenvalue weighted by Crippen LogP contribution is 2.21. The molecule has 0 amide bonds. The van der Waals surface area contributed by atoms with Crippen LogP contribution in [-0.4, -0.2) is 37.1 Å². The van der Waals surface area contributed by atoms with Gasteiger partial charge in [-0.15, -0.1) is 0 Å². The fourth-order valence-electron chi connectivity index (χ4n) is 2.40. The van der Waals surface area contributed by atoms with Crippen LogP contribution in [0.3, 0.4) is 0 Å². The molecule has 0 saturated heterocycles. The van der Waals surface area contributed by atoms with Crippen LogP contribution in [0.25, 0.3) is 0 Å². The minimum atomic E-state index is 0.271. The van der Waals surface area contributed by atoms with Gasteiger partial charge in [-0.1, -0.05) is 26.0 Å². The van der Waals surface area contributed by atoms with Crippen LogP contribution >= 0.6 is 0 Å². The molecular formula is C16H20N2O2. The third-order valence-electron chi connectivity index (χ3n) is 3.75. The molecule has 0 unspecified atom stereocenters. The summed E-state index contributed by atoms with van der Waals surface area (Å²) in [6.07, 6.45) is 2.00. The van der Waals surface area contributed by atoms with Gasteiger partial charge in [0.25, 0.3) is 0 Å². The number of hydrogen-bond acceptors (Lipinski definition) is 4. The normalized spacial score (nSPS) is 24.9. The highest BCUT2D eigenvalue weighted by Gasteiger charge is 2.25. The monoisotopic (exact) mass is 272 g/mol. The van der Waals surface area contributed by atoms with Crippen molar-refractivity contribution in [1.82, 2.24) is 0 Å². The smallest absolute Gasteiger partial charge is 0.217 e. The maximum atomic E-state index is 5.74. The van der Waals surface area contributed by atoms with Crippen LogP contribution in [0, 0.1) is 0 Å². The first kappa shape index (κ1) is 13.2. The lowest BCUT2D eigenvalue weighted by Crippen LogP contribution is -2.11. The van der Waals surface area contributed by atoms with Crippen molar-refractivity contribution in [2.75, 3.05) is 13.2 Å². The van der Waals surface area contributed by atoms with E-state index in [1.807, 2.05) is 24.3 Å². The Hall–Kier alpha value is -1.84. The molecule has 0 bridgehead atoms. The number of ether oxygens (including phenoxy) is 2. The lowest BCUT2D eigenvalue weighted by atomic mass is 10.1. The predicted octanol–water partition coefficient (Wildman–Crippen LogP) is 2.80. The fraction of sp³-hybridized carbons (Fsp3) is 0.500. The van der Waals surface area contributed by atoms with Crippen molar-refractivity contribution >= 4 is 11.8 Å². The van der Waals surface area contributed by atoms with Crippen molar-refractivity contribution in [2.45, 2.75) is 38.8 Å². The number of benzene rings is 1. The standard InChI is InChI=1S/C16H20N2O2/c1-3-11-9-19-15(17-11)13-7-5-6-8-14(13)16-18-12(4-2)10-20-16/h5-8,11-12H,3-4,9-10H2,1-2H3/t11-,12+. The molecule has 2 aliphatic heterocycles. The first-order valence-electron chi connectivity index (χ1n) is 7.32. The average Bonchev–Trinajstić information content (AvgIpc) is 3.16. The highest BCUT2D eigenvalue weighted by atomic mass is 16.5. The second-order valence-electron chi connectivity index (χ2n) is 5.16. The zero-order valence-corrected chi connectivity index (χ0v) is 12.0. The third-order valence-corrected chi connectivity index (χ3v) is 3.75. The Bertz CT molecular complexity index is 502. The maximum Gasteiger partial charge on any atom is 0.217 e. The summed E-state index contributed by atoms with van der Waals surface area (Å²) in [4.78, 5) is 9.26. The Kier molecular flexibility index (Phi) is 3.72. The first-order valence-corrected chi connectivity index (χ1v) is 7.32. The number of nitrogens with zero attached hydrogens (tertiary/aromatic N) is 2. The van der Waals surface area contributed by atoms with Crippen LogP contribution < -0.4 is 0 Å². The van der Waals surface area contributed by atoms with Crippen molar-refractivity contribution in [3.8, 4) is 0 Å². The van der Waals surface area contributed by atoms with Crippen molar-refractivity contribution in [3.05, 3.63) is 35.4 Å². The van der Waals surface area contributed by atoms with E-state index in [2.05, 4.69) is 23.8 Å². The maximum absolute atomic E-state index is 5.74. The van der Waals surface area contributed by atoms with E-state index >= 15 is 0 Å². The van der Waals surface area contributed by atoms with Gasteiger partial charge in [0.2, 0.25) is 11.8 Å². The van der Waals surface area contributed by atoms with Crippen LogP contribution in [0.15, 0.2) is 34.3 Å². The summed E-state index contributed by atoms with van der Waals surface area (Å²) < 4.78 is 11.5. The second kappa shape index (κ2) is 5.65. The molecule has 0 saturated carbocycles. The summed E-state index contributed by atoms with van der Waals surface area (Å²) in [5.74, 6) is 1.44. The lowest BCUT2D eigenvalue weighted by Gasteiger charge is -2.08. The van der Waals surface area contributed by atoms with Crippen LogP contribution in [0.1, 0.15) is 37.8 Å². The molecule has 0 aromatic heterocycles. The third kappa shape index (κ3) is 2.42. The van der Waals surface area contributed by atoms with Gasteiger partial charge in [0.05, 0.1) is 12.1 Å². The molecule has 2 atom stereocenters. The molecule has 3 rings (SSSR count). The van der Waals surface area contributed by atoms with Crippen LogP contribution in [0.5, 0.6) is 0 Å². The molecule has 1 aromatic rings. The van der Waals surface area contributed by atoms with Crippen molar-refractivity contribution in [3.63, 3.8) is 0 Å². The van der Waals surface area contributed by atoms with Crippen LogP contribution in [0.4, 0.5) is 0 Å². The molecule has 0 N–H and O–H groups in total. The largest absolute Gasteiger partial charge is 0.475 e. The number of rotatable bonds is 4. The van der Waals surface area contributed by atoms with Gasteiger partial charge < -0.3 is 9.47 Å². The molecule has 0 aliphatic carbocycles. The van der Waals surface area contributed by atoms with E-state index in [9.17, 15) is 0 Å². The van der Waals surface area contributed by atoms with E-state index < -0.39 is 0 Å². The van der Waals surface area contributed by atoms with E-state index in [1.165, 1.54) is 0 Å². The van der Waals surface area contributed by atoms with E-state index in [-0.39, 0.29) is 12.1 Å². The molecule has 4 heteroatoms. The van der Waals surface area contributed by atoms with Crippen LogP contribution in [-0.2, 0) is 9.47 Å². The molecule has 2 aliphatic rings. The van der Waals surface area contributed by atoms with Gasteiger partial charge in [-0.05, 0) is 25.0 Å². The van der Waals surface area contributed by atoms with E-state index in [4.69, 9.17) is 9.47 Å². The highest BCUT2D eigenvalue weighted by molar-refractivity contribution is 6.08. The molecule has 106 valence electrons. The Morgan fingerprint density at radius 2 is 1.35 bits per heavy atom. The summed E-state index contributed by atoms with van der Waals surface area (Å²) in [5, 5.41) is 0. The Morgan fingerprint density at radius 3 is 1.70 bits per heavy atom. The second-order valence-corrected chi connectivity index (χ2v) is 5.16. The molecule has 2 heterocycles. The van der Waals surface area contributed by atoms with Gasteiger partial charge in [-0.2, -0.15) is 0 Å². The molecule has 0 spiro atoms. The predicted molar refractivity (Wildman–Crippen MR) is 79.6 cm³/mol. The summed E-state index contributed by atoms with van der Waals surface area (Å²) >= 11 is 0. The minimum Gasteiger partial charge on any atom is -0.475 e. The lowest BCUT2D eigenvalue weighted by molar-refractivity contribution is 0.312. The molecule has 0 fully saturated rings. The summed E-state index contributed by atoms with van der Waals surface area (Å²) in [6, 6.07) is 8.59. The zero-order chi connectivity index (χ0) is 13.9.